The van der Waals surface area contributed by atoms with E-state index in [9.17, 15) is 4.79 Å². The first-order chi connectivity index (χ1) is 7.24. The van der Waals surface area contributed by atoms with Crippen molar-refractivity contribution in [3.8, 4) is 0 Å². The quantitative estimate of drug-likeness (QED) is 0.720. The Bertz CT molecular complexity index is 499. The molecule has 0 N–H and O–H groups in total. The van der Waals surface area contributed by atoms with Crippen LogP contribution in [0.5, 0.6) is 0 Å². The van der Waals surface area contributed by atoms with Crippen molar-refractivity contribution < 1.29 is 9.21 Å². The van der Waals surface area contributed by atoms with Crippen molar-refractivity contribution in [2.45, 2.75) is 26.7 Å². The van der Waals surface area contributed by atoms with Gasteiger partial charge < -0.3 is 4.42 Å². The Kier molecular flexibility index (Phi) is 2.54. The lowest BCUT2D eigenvalue weighted by Gasteiger charge is -1.95. The summed E-state index contributed by atoms with van der Waals surface area (Å²) >= 11 is 0. The Hall–Kier alpha value is -1.64. The number of rotatable bonds is 3. The number of fused-ring (bicyclic) bond motifs is 1. The number of oxazole rings is 1. The molecule has 3 heteroatoms. The van der Waals surface area contributed by atoms with Crippen LogP contribution in [0.2, 0.25) is 0 Å². The number of ketones is 1. The van der Waals surface area contributed by atoms with Crippen molar-refractivity contribution in [1.29, 1.82) is 0 Å². The predicted molar refractivity (Wildman–Crippen MR) is 58.0 cm³/mol. The smallest absolute Gasteiger partial charge is 0.195 e. The van der Waals surface area contributed by atoms with Gasteiger partial charge in [-0.3, -0.25) is 4.79 Å². The number of hydrogen-bond donors (Lipinski definition) is 0. The van der Waals surface area contributed by atoms with E-state index < -0.39 is 0 Å². The second-order valence-corrected chi connectivity index (χ2v) is 3.42. The Morgan fingerprint density at radius 1 is 1.40 bits per heavy atom. The number of benzene rings is 1. The first kappa shape index (κ1) is 9.90. The summed E-state index contributed by atoms with van der Waals surface area (Å²) in [7, 11) is 0. The Labute approximate surface area is 88.1 Å². The van der Waals surface area contributed by atoms with E-state index in [-0.39, 0.29) is 5.78 Å². The normalized spacial score (nSPS) is 10.8. The van der Waals surface area contributed by atoms with E-state index in [0.717, 1.165) is 17.5 Å². The van der Waals surface area contributed by atoms with Crippen LogP contribution in [0.3, 0.4) is 0 Å². The maximum atomic E-state index is 11.5. The average molecular weight is 203 g/mol. The molecule has 2 aromatic rings. The van der Waals surface area contributed by atoms with E-state index >= 15 is 0 Å². The fourth-order valence-corrected chi connectivity index (χ4v) is 1.50. The highest BCUT2D eigenvalue weighted by atomic mass is 16.3. The molecule has 1 aromatic heterocycles. The van der Waals surface area contributed by atoms with Crippen molar-refractivity contribution in [3.63, 3.8) is 0 Å². The molecule has 0 bridgehead atoms. The molecule has 78 valence electrons. The van der Waals surface area contributed by atoms with Crippen molar-refractivity contribution in [1.82, 2.24) is 4.98 Å². The number of aromatic nitrogens is 1. The number of Topliss-reactive ketones (excluding diaryl/α,β-unsaturated/α-hetero) is 1. The second-order valence-electron chi connectivity index (χ2n) is 3.42. The van der Waals surface area contributed by atoms with E-state index in [1.54, 1.807) is 12.1 Å². The minimum Gasteiger partial charge on any atom is -0.441 e. The topological polar surface area (TPSA) is 43.1 Å². The molecule has 0 radical (unpaired) electrons. The molecule has 0 saturated carbocycles. The molecule has 0 atom stereocenters. The Balaban J connectivity index is 2.50. The molecule has 0 fully saturated rings. The number of aryl methyl sites for hydroxylation is 1. The van der Waals surface area contributed by atoms with Gasteiger partial charge in [0.2, 0.25) is 0 Å². The second kappa shape index (κ2) is 3.85. The standard InChI is InChI=1S/C12H13NO2/c1-3-10(14)8-5-6-11-9(7-8)13-12(4-2)15-11/h5-7H,3-4H2,1-2H3. The number of carbonyl (C=O) groups excluding carboxylic acids is 1. The van der Waals surface area contributed by atoms with Gasteiger partial charge in [0.25, 0.3) is 0 Å². The molecule has 1 aromatic carbocycles. The fourth-order valence-electron chi connectivity index (χ4n) is 1.50. The lowest BCUT2D eigenvalue weighted by molar-refractivity contribution is 0.0988. The van der Waals surface area contributed by atoms with Gasteiger partial charge >= 0.3 is 0 Å². The van der Waals surface area contributed by atoms with Gasteiger partial charge in [-0.1, -0.05) is 13.8 Å². The van der Waals surface area contributed by atoms with Gasteiger partial charge in [-0.2, -0.15) is 0 Å². The Morgan fingerprint density at radius 3 is 2.87 bits per heavy atom. The molecule has 0 saturated heterocycles. The SMILES string of the molecule is CCC(=O)c1ccc2oc(CC)nc2c1. The fraction of sp³-hybridized carbons (Fsp3) is 0.333. The van der Waals surface area contributed by atoms with Crippen molar-refractivity contribution in [2.24, 2.45) is 0 Å². The highest BCUT2D eigenvalue weighted by molar-refractivity contribution is 5.98. The minimum absolute atomic E-state index is 0.137. The molecule has 0 unspecified atom stereocenters. The zero-order chi connectivity index (χ0) is 10.8. The summed E-state index contributed by atoms with van der Waals surface area (Å²) in [6.45, 7) is 3.84. The molecular weight excluding hydrogens is 190 g/mol. The molecule has 0 aliphatic carbocycles. The molecule has 0 aliphatic rings. The van der Waals surface area contributed by atoms with Gasteiger partial charge in [-0.25, -0.2) is 4.98 Å². The summed E-state index contributed by atoms with van der Waals surface area (Å²) < 4.78 is 5.46. The molecule has 0 amide bonds. The van der Waals surface area contributed by atoms with Gasteiger partial charge in [0.15, 0.2) is 17.3 Å². The van der Waals surface area contributed by atoms with E-state index in [4.69, 9.17) is 4.42 Å². The van der Waals surface area contributed by atoms with Crippen LogP contribution in [-0.4, -0.2) is 10.8 Å². The summed E-state index contributed by atoms with van der Waals surface area (Å²) in [4.78, 5) is 15.8. The predicted octanol–water partition coefficient (Wildman–Crippen LogP) is 2.98. The van der Waals surface area contributed by atoms with Gasteiger partial charge in [0, 0.05) is 18.4 Å². The van der Waals surface area contributed by atoms with Gasteiger partial charge in [0.05, 0.1) is 0 Å². The molecule has 0 spiro atoms. The zero-order valence-electron chi connectivity index (χ0n) is 8.91. The van der Waals surface area contributed by atoms with Crippen LogP contribution < -0.4 is 0 Å². The third-order valence-electron chi connectivity index (χ3n) is 2.38. The van der Waals surface area contributed by atoms with Crippen LogP contribution in [0.4, 0.5) is 0 Å². The maximum Gasteiger partial charge on any atom is 0.195 e. The molecule has 0 aliphatic heterocycles. The van der Waals surface area contributed by atoms with Crippen LogP contribution in [-0.2, 0) is 6.42 Å². The monoisotopic (exact) mass is 203 g/mol. The van der Waals surface area contributed by atoms with Crippen LogP contribution in [0.1, 0.15) is 36.5 Å². The maximum absolute atomic E-state index is 11.5. The Morgan fingerprint density at radius 2 is 2.20 bits per heavy atom. The first-order valence-corrected chi connectivity index (χ1v) is 5.17. The van der Waals surface area contributed by atoms with Crippen LogP contribution in [0, 0.1) is 0 Å². The lowest BCUT2D eigenvalue weighted by atomic mass is 10.1. The number of nitrogens with zero attached hydrogens (tertiary/aromatic N) is 1. The summed E-state index contributed by atoms with van der Waals surface area (Å²) in [5, 5.41) is 0. The third kappa shape index (κ3) is 1.77. The zero-order valence-corrected chi connectivity index (χ0v) is 8.91. The van der Waals surface area contributed by atoms with Crippen molar-refractivity contribution in [3.05, 3.63) is 29.7 Å². The number of carbonyl (C=O) groups is 1. The summed E-state index contributed by atoms with van der Waals surface area (Å²) in [6, 6.07) is 5.40. The highest BCUT2D eigenvalue weighted by Crippen LogP contribution is 2.18. The minimum atomic E-state index is 0.137. The molecule has 2 rings (SSSR count). The van der Waals surface area contributed by atoms with E-state index in [1.807, 2.05) is 19.9 Å². The van der Waals surface area contributed by atoms with E-state index in [0.29, 0.717) is 17.9 Å². The van der Waals surface area contributed by atoms with Gasteiger partial charge in [0.1, 0.15) is 5.52 Å². The first-order valence-electron chi connectivity index (χ1n) is 5.17. The van der Waals surface area contributed by atoms with Crippen LogP contribution >= 0.6 is 0 Å². The highest BCUT2D eigenvalue weighted by Gasteiger charge is 2.08. The van der Waals surface area contributed by atoms with E-state index in [2.05, 4.69) is 4.98 Å². The summed E-state index contributed by atoms with van der Waals surface area (Å²) in [5.41, 5.74) is 2.23. The van der Waals surface area contributed by atoms with Crippen LogP contribution in [0.25, 0.3) is 11.1 Å². The number of hydrogen-bond acceptors (Lipinski definition) is 3. The lowest BCUT2D eigenvalue weighted by Crippen LogP contribution is -1.95. The third-order valence-corrected chi connectivity index (χ3v) is 2.38. The largest absolute Gasteiger partial charge is 0.441 e. The molecule has 15 heavy (non-hydrogen) atoms. The molecule has 3 nitrogen and oxygen atoms in total. The average Bonchev–Trinajstić information content (AvgIpc) is 2.69. The van der Waals surface area contributed by atoms with Crippen molar-refractivity contribution in [2.75, 3.05) is 0 Å². The van der Waals surface area contributed by atoms with Crippen LogP contribution in [0.15, 0.2) is 22.6 Å². The summed E-state index contributed by atoms with van der Waals surface area (Å²) in [6.07, 6.45) is 1.29. The molecule has 1 heterocycles. The van der Waals surface area contributed by atoms with Crippen molar-refractivity contribution >= 4 is 16.9 Å². The van der Waals surface area contributed by atoms with Gasteiger partial charge in [-0.05, 0) is 18.2 Å². The van der Waals surface area contributed by atoms with Gasteiger partial charge in [-0.15, -0.1) is 0 Å². The molecular formula is C12H13NO2. The van der Waals surface area contributed by atoms with E-state index in [1.165, 1.54) is 0 Å². The summed E-state index contributed by atoms with van der Waals surface area (Å²) in [5.74, 6) is 0.851.